The van der Waals surface area contributed by atoms with E-state index in [4.69, 9.17) is 5.73 Å². The van der Waals surface area contributed by atoms with E-state index in [-0.39, 0.29) is 18.3 Å². The van der Waals surface area contributed by atoms with E-state index in [0.717, 1.165) is 18.0 Å². The van der Waals surface area contributed by atoms with Crippen LogP contribution in [0.1, 0.15) is 38.2 Å². The summed E-state index contributed by atoms with van der Waals surface area (Å²) < 4.78 is 0. The van der Waals surface area contributed by atoms with Crippen LogP contribution in [0, 0.1) is 11.8 Å². The average molecular weight is 311 g/mol. The molecular weight excluding hydrogens is 284 g/mol. The fourth-order valence-electron chi connectivity index (χ4n) is 3.02. The van der Waals surface area contributed by atoms with Crippen molar-refractivity contribution in [3.63, 3.8) is 0 Å². The Morgan fingerprint density at radius 3 is 2.62 bits per heavy atom. The number of halogens is 1. The Labute approximate surface area is 134 Å². The van der Waals surface area contributed by atoms with Gasteiger partial charge in [0, 0.05) is 6.54 Å². The Balaban J connectivity index is 0.00000220. The molecule has 118 valence electrons. The highest BCUT2D eigenvalue weighted by atomic mass is 35.5. The van der Waals surface area contributed by atoms with Gasteiger partial charge in [-0.2, -0.15) is 0 Å². The van der Waals surface area contributed by atoms with E-state index >= 15 is 0 Å². The van der Waals surface area contributed by atoms with Crippen LogP contribution in [0.15, 0.2) is 30.3 Å². The average Bonchev–Trinajstić information content (AvgIpc) is 2.47. The van der Waals surface area contributed by atoms with Crippen molar-refractivity contribution in [2.45, 2.75) is 45.1 Å². The number of benzene rings is 1. The third-order valence-corrected chi connectivity index (χ3v) is 4.46. The van der Waals surface area contributed by atoms with Crippen molar-refractivity contribution in [2.75, 3.05) is 6.54 Å². The topological polar surface area (TPSA) is 55.1 Å². The molecule has 1 aromatic carbocycles. The van der Waals surface area contributed by atoms with Crippen molar-refractivity contribution < 1.29 is 4.79 Å². The van der Waals surface area contributed by atoms with Crippen LogP contribution in [-0.4, -0.2) is 18.5 Å². The van der Waals surface area contributed by atoms with Gasteiger partial charge in [-0.1, -0.05) is 56.5 Å². The number of nitrogens with one attached hydrogen (secondary N) is 1. The quantitative estimate of drug-likeness (QED) is 0.878. The molecule has 2 rings (SSSR count). The maximum Gasteiger partial charge on any atom is 0.237 e. The SMILES string of the molecule is CC1CCCCC1CNC(=O)[C@@H](N)Cc1ccccc1.Cl. The van der Waals surface area contributed by atoms with E-state index in [1.165, 1.54) is 25.7 Å². The molecule has 21 heavy (non-hydrogen) atoms. The molecule has 0 heterocycles. The number of rotatable bonds is 5. The van der Waals surface area contributed by atoms with Crippen LogP contribution in [-0.2, 0) is 11.2 Å². The lowest BCUT2D eigenvalue weighted by atomic mass is 9.80. The predicted octanol–water partition coefficient (Wildman–Crippen LogP) is 2.92. The molecule has 1 aliphatic carbocycles. The molecule has 3 N–H and O–H groups in total. The van der Waals surface area contributed by atoms with E-state index in [1.54, 1.807) is 0 Å². The first-order valence-corrected chi connectivity index (χ1v) is 7.74. The molecule has 0 bridgehead atoms. The van der Waals surface area contributed by atoms with Crippen LogP contribution in [0.2, 0.25) is 0 Å². The molecule has 0 saturated heterocycles. The van der Waals surface area contributed by atoms with Gasteiger partial charge in [-0.25, -0.2) is 0 Å². The lowest BCUT2D eigenvalue weighted by Gasteiger charge is -2.29. The first-order chi connectivity index (χ1) is 9.66. The zero-order chi connectivity index (χ0) is 14.4. The van der Waals surface area contributed by atoms with Crippen LogP contribution in [0.5, 0.6) is 0 Å². The van der Waals surface area contributed by atoms with Gasteiger partial charge < -0.3 is 11.1 Å². The van der Waals surface area contributed by atoms with Crippen molar-refractivity contribution in [1.29, 1.82) is 0 Å². The normalized spacial score (nSPS) is 23.0. The highest BCUT2D eigenvalue weighted by molar-refractivity contribution is 5.85. The zero-order valence-corrected chi connectivity index (χ0v) is 13.6. The minimum atomic E-state index is -0.448. The molecule has 1 saturated carbocycles. The van der Waals surface area contributed by atoms with Crippen LogP contribution in [0.3, 0.4) is 0 Å². The highest BCUT2D eigenvalue weighted by Crippen LogP contribution is 2.28. The van der Waals surface area contributed by atoms with Gasteiger partial charge in [0.1, 0.15) is 0 Å². The third kappa shape index (κ3) is 5.68. The molecule has 3 atom stereocenters. The molecule has 1 fully saturated rings. The molecule has 4 heteroatoms. The standard InChI is InChI=1S/C17H26N2O.ClH/c1-13-7-5-6-10-15(13)12-19-17(20)16(18)11-14-8-3-2-4-9-14;/h2-4,8-9,13,15-16H,5-7,10-12,18H2,1H3,(H,19,20);1H/t13?,15?,16-;/m0./s1. The maximum atomic E-state index is 12.1. The molecule has 1 aliphatic rings. The molecule has 1 amide bonds. The first kappa shape index (κ1) is 18.0. The summed E-state index contributed by atoms with van der Waals surface area (Å²) in [6.07, 6.45) is 5.75. The molecule has 0 aromatic heterocycles. The summed E-state index contributed by atoms with van der Waals surface area (Å²) in [7, 11) is 0. The summed E-state index contributed by atoms with van der Waals surface area (Å²) in [4.78, 5) is 12.1. The van der Waals surface area contributed by atoms with Crippen molar-refractivity contribution in [3.8, 4) is 0 Å². The lowest BCUT2D eigenvalue weighted by molar-refractivity contribution is -0.122. The number of carbonyl (C=O) groups excluding carboxylic acids is 1. The summed E-state index contributed by atoms with van der Waals surface area (Å²) in [5.74, 6) is 1.32. The van der Waals surface area contributed by atoms with Gasteiger partial charge in [-0.05, 0) is 30.2 Å². The van der Waals surface area contributed by atoms with Crippen molar-refractivity contribution in [1.82, 2.24) is 5.32 Å². The van der Waals surface area contributed by atoms with Crippen molar-refractivity contribution in [3.05, 3.63) is 35.9 Å². The summed E-state index contributed by atoms with van der Waals surface area (Å²) in [5, 5.41) is 3.04. The lowest BCUT2D eigenvalue weighted by Crippen LogP contribution is -2.44. The van der Waals surface area contributed by atoms with E-state index in [9.17, 15) is 4.79 Å². The Bertz CT molecular complexity index is 424. The molecule has 3 nitrogen and oxygen atoms in total. The molecule has 0 spiro atoms. The van der Waals surface area contributed by atoms with Crippen molar-refractivity contribution in [2.24, 2.45) is 17.6 Å². The van der Waals surface area contributed by atoms with Gasteiger partial charge in [0.25, 0.3) is 0 Å². The summed E-state index contributed by atoms with van der Waals surface area (Å²) >= 11 is 0. The monoisotopic (exact) mass is 310 g/mol. The summed E-state index contributed by atoms with van der Waals surface area (Å²) in [6.45, 7) is 3.07. The number of nitrogens with two attached hydrogens (primary N) is 1. The molecule has 0 radical (unpaired) electrons. The highest BCUT2D eigenvalue weighted by Gasteiger charge is 2.22. The zero-order valence-electron chi connectivity index (χ0n) is 12.8. The fraction of sp³-hybridized carbons (Fsp3) is 0.588. The summed E-state index contributed by atoms with van der Waals surface area (Å²) in [5.41, 5.74) is 7.10. The minimum Gasteiger partial charge on any atom is -0.354 e. The van der Waals surface area contributed by atoms with Gasteiger partial charge in [0.05, 0.1) is 6.04 Å². The Morgan fingerprint density at radius 1 is 1.29 bits per heavy atom. The van der Waals surface area contributed by atoms with E-state index in [2.05, 4.69) is 12.2 Å². The minimum absolute atomic E-state index is 0. The second-order valence-corrected chi connectivity index (χ2v) is 6.06. The second-order valence-electron chi connectivity index (χ2n) is 6.06. The predicted molar refractivity (Wildman–Crippen MR) is 89.5 cm³/mol. The Hall–Kier alpha value is -1.06. The van der Waals surface area contributed by atoms with Crippen LogP contribution in [0.4, 0.5) is 0 Å². The summed E-state index contributed by atoms with van der Waals surface area (Å²) in [6, 6.07) is 9.50. The van der Waals surface area contributed by atoms with Gasteiger partial charge in [0.2, 0.25) is 5.91 Å². The van der Waals surface area contributed by atoms with Crippen molar-refractivity contribution >= 4 is 18.3 Å². The Morgan fingerprint density at radius 2 is 1.95 bits per heavy atom. The second kappa shape index (κ2) is 9.06. The molecular formula is C17H27ClN2O. The number of hydrogen-bond donors (Lipinski definition) is 2. The van der Waals surface area contributed by atoms with E-state index in [0.29, 0.717) is 12.3 Å². The van der Waals surface area contributed by atoms with Gasteiger partial charge in [-0.15, -0.1) is 12.4 Å². The third-order valence-electron chi connectivity index (χ3n) is 4.46. The largest absolute Gasteiger partial charge is 0.354 e. The fourth-order valence-corrected chi connectivity index (χ4v) is 3.02. The maximum absolute atomic E-state index is 12.1. The molecule has 0 aliphatic heterocycles. The number of amides is 1. The van der Waals surface area contributed by atoms with Crippen LogP contribution >= 0.6 is 12.4 Å². The Kier molecular flexibility index (Phi) is 7.76. The van der Waals surface area contributed by atoms with Crippen LogP contribution in [0.25, 0.3) is 0 Å². The number of carbonyl (C=O) groups is 1. The smallest absolute Gasteiger partial charge is 0.237 e. The van der Waals surface area contributed by atoms with E-state index in [1.807, 2.05) is 30.3 Å². The molecule has 1 aromatic rings. The first-order valence-electron chi connectivity index (χ1n) is 7.74. The van der Waals surface area contributed by atoms with Gasteiger partial charge >= 0.3 is 0 Å². The van der Waals surface area contributed by atoms with Gasteiger partial charge in [-0.3, -0.25) is 4.79 Å². The van der Waals surface area contributed by atoms with E-state index < -0.39 is 6.04 Å². The molecule has 2 unspecified atom stereocenters. The number of hydrogen-bond acceptors (Lipinski definition) is 2. The van der Waals surface area contributed by atoms with Crippen LogP contribution < -0.4 is 11.1 Å². The van der Waals surface area contributed by atoms with Gasteiger partial charge in [0.15, 0.2) is 0 Å².